The van der Waals surface area contributed by atoms with E-state index in [1.807, 2.05) is 26.1 Å². The number of benzene rings is 1. The van der Waals surface area contributed by atoms with E-state index in [1.54, 1.807) is 44.3 Å². The summed E-state index contributed by atoms with van der Waals surface area (Å²) in [7, 11) is -1.09. The number of hydrogen-bond acceptors (Lipinski definition) is 7. The summed E-state index contributed by atoms with van der Waals surface area (Å²) in [6.45, 7) is 5.94. The summed E-state index contributed by atoms with van der Waals surface area (Å²) in [4.78, 5) is 9.27. The first-order chi connectivity index (χ1) is 16.2. The van der Waals surface area contributed by atoms with Crippen LogP contribution in [0.1, 0.15) is 25.1 Å². The second-order valence-corrected chi connectivity index (χ2v) is 10.9. The van der Waals surface area contributed by atoms with Gasteiger partial charge in [-0.1, -0.05) is 11.2 Å². The lowest BCUT2D eigenvalue weighted by Crippen LogP contribution is -2.10. The highest BCUT2D eigenvalue weighted by atomic mass is 32.3. The molecule has 9 heteroatoms. The van der Waals surface area contributed by atoms with Crippen molar-refractivity contribution in [3.8, 4) is 33.8 Å². The van der Waals surface area contributed by atoms with Crippen LogP contribution in [0.5, 0.6) is 0 Å². The predicted molar refractivity (Wildman–Crippen MR) is 132 cm³/mol. The van der Waals surface area contributed by atoms with E-state index in [1.165, 1.54) is 12.3 Å². The van der Waals surface area contributed by atoms with Crippen LogP contribution in [0.4, 0.5) is 4.39 Å². The summed E-state index contributed by atoms with van der Waals surface area (Å²) in [5.41, 5.74) is 4.39. The van der Waals surface area contributed by atoms with Gasteiger partial charge in [-0.25, -0.2) is 4.39 Å². The molecule has 34 heavy (non-hydrogen) atoms. The highest BCUT2D eigenvalue weighted by Crippen LogP contribution is 2.52. The molecule has 0 aliphatic carbocycles. The molecule has 0 unspecified atom stereocenters. The van der Waals surface area contributed by atoms with Crippen molar-refractivity contribution in [2.24, 2.45) is 0 Å². The zero-order valence-electron chi connectivity index (χ0n) is 19.4. The third-order valence-electron chi connectivity index (χ3n) is 5.59. The Kier molecular flexibility index (Phi) is 6.81. The van der Waals surface area contributed by atoms with Crippen LogP contribution in [-0.4, -0.2) is 36.5 Å². The number of aromatic nitrogens is 3. The summed E-state index contributed by atoms with van der Waals surface area (Å²) >= 11 is 0. The van der Waals surface area contributed by atoms with Gasteiger partial charge in [0.2, 0.25) is 0 Å². The standard InChI is InChI=1S/C25H27FN4O3S/c1-15(2)34(31,32)19-6-8-23(29-14-19)18-10-21(16(3)28-13-18)25-11-24(30-33-25)20-7-5-17(12-27-4)9-22(20)26/h5-11,13-15,27,31-32H,12H2,1-4H3. The van der Waals surface area contributed by atoms with Crippen molar-refractivity contribution < 1.29 is 18.0 Å². The fourth-order valence-electron chi connectivity index (χ4n) is 3.53. The molecule has 3 N–H and O–H groups in total. The maximum atomic E-state index is 14.6. The Bertz CT molecular complexity index is 1310. The average Bonchev–Trinajstić information content (AvgIpc) is 3.29. The highest BCUT2D eigenvalue weighted by molar-refractivity contribution is 8.24. The van der Waals surface area contributed by atoms with Crippen molar-refractivity contribution in [1.82, 2.24) is 20.4 Å². The lowest BCUT2D eigenvalue weighted by atomic mass is 10.0. The predicted octanol–water partition coefficient (Wildman–Crippen LogP) is 6.15. The molecule has 0 aliphatic rings. The van der Waals surface area contributed by atoms with Gasteiger partial charge in [-0.05, 0) is 63.7 Å². The Hall–Kier alpha value is -3.11. The third-order valence-corrected chi connectivity index (χ3v) is 7.84. The van der Waals surface area contributed by atoms with Gasteiger partial charge in [0.25, 0.3) is 0 Å². The fraction of sp³-hybridized carbons (Fsp3) is 0.240. The third kappa shape index (κ3) is 4.74. The average molecular weight is 483 g/mol. The molecule has 1 aromatic carbocycles. The Morgan fingerprint density at radius 2 is 1.79 bits per heavy atom. The molecule has 0 saturated carbocycles. The minimum atomic E-state index is -2.90. The summed E-state index contributed by atoms with van der Waals surface area (Å²) in [5, 5.41) is 6.76. The van der Waals surface area contributed by atoms with Crippen molar-refractivity contribution in [3.63, 3.8) is 0 Å². The molecule has 0 spiro atoms. The molecule has 0 aliphatic heterocycles. The van der Waals surface area contributed by atoms with Gasteiger partial charge in [0, 0.05) is 46.4 Å². The molecule has 4 aromatic rings. The lowest BCUT2D eigenvalue weighted by molar-refractivity contribution is 0.434. The first-order valence-corrected chi connectivity index (χ1v) is 12.4. The molecule has 0 bridgehead atoms. The van der Waals surface area contributed by atoms with Crippen molar-refractivity contribution in [2.45, 2.75) is 37.5 Å². The van der Waals surface area contributed by atoms with Gasteiger partial charge >= 0.3 is 0 Å². The largest absolute Gasteiger partial charge is 0.356 e. The maximum Gasteiger partial charge on any atom is 0.169 e. The molecule has 178 valence electrons. The molecule has 0 saturated heterocycles. The van der Waals surface area contributed by atoms with Crippen LogP contribution in [0.3, 0.4) is 0 Å². The number of pyridine rings is 2. The number of nitrogens with zero attached hydrogens (tertiary/aromatic N) is 3. The van der Waals surface area contributed by atoms with Crippen molar-refractivity contribution >= 4 is 10.6 Å². The van der Waals surface area contributed by atoms with Gasteiger partial charge in [-0.3, -0.25) is 19.1 Å². The van der Waals surface area contributed by atoms with Crippen LogP contribution in [0.2, 0.25) is 0 Å². The van der Waals surface area contributed by atoms with Gasteiger partial charge < -0.3 is 9.84 Å². The number of rotatable bonds is 7. The van der Waals surface area contributed by atoms with Gasteiger partial charge in [-0.15, -0.1) is 0 Å². The molecule has 0 radical (unpaired) electrons. The van der Waals surface area contributed by atoms with E-state index in [-0.39, 0.29) is 11.1 Å². The summed E-state index contributed by atoms with van der Waals surface area (Å²) in [6, 6.07) is 12.0. The van der Waals surface area contributed by atoms with Crippen LogP contribution in [-0.2, 0) is 6.54 Å². The van der Waals surface area contributed by atoms with Crippen LogP contribution in [0, 0.1) is 12.7 Å². The monoisotopic (exact) mass is 482 g/mol. The molecule has 0 amide bonds. The van der Waals surface area contributed by atoms with Crippen molar-refractivity contribution in [3.05, 3.63) is 71.9 Å². The summed E-state index contributed by atoms with van der Waals surface area (Å²) in [5.74, 6) is 0.0963. The van der Waals surface area contributed by atoms with Gasteiger partial charge in [0.1, 0.15) is 11.5 Å². The summed E-state index contributed by atoms with van der Waals surface area (Å²) < 4.78 is 40.9. The van der Waals surface area contributed by atoms with E-state index in [9.17, 15) is 13.5 Å². The number of nitrogens with one attached hydrogen (secondary N) is 1. The number of aryl methyl sites for hydroxylation is 1. The molecular weight excluding hydrogens is 455 g/mol. The van der Waals surface area contributed by atoms with Crippen LogP contribution < -0.4 is 5.32 Å². The van der Waals surface area contributed by atoms with E-state index in [2.05, 4.69) is 20.4 Å². The number of hydrogen-bond donors (Lipinski definition) is 3. The normalized spacial score (nSPS) is 12.4. The van der Waals surface area contributed by atoms with E-state index in [4.69, 9.17) is 4.52 Å². The first-order valence-electron chi connectivity index (χ1n) is 10.8. The molecule has 7 nitrogen and oxygen atoms in total. The Balaban J connectivity index is 1.65. The SMILES string of the molecule is CNCc1ccc(-c2cc(-c3cc(-c4ccc(S(O)(O)C(C)C)cn4)cnc3C)on2)c(F)c1. The number of halogens is 1. The lowest BCUT2D eigenvalue weighted by Gasteiger charge is -2.36. The minimum Gasteiger partial charge on any atom is -0.356 e. The van der Waals surface area contributed by atoms with Gasteiger partial charge in [-0.2, -0.15) is 10.6 Å². The first kappa shape index (κ1) is 24.0. The quantitative estimate of drug-likeness (QED) is 0.290. The maximum absolute atomic E-state index is 14.6. The van der Waals surface area contributed by atoms with Crippen LogP contribution in [0.15, 0.2) is 64.3 Å². The zero-order valence-corrected chi connectivity index (χ0v) is 20.2. The Morgan fingerprint density at radius 3 is 2.44 bits per heavy atom. The van der Waals surface area contributed by atoms with E-state index < -0.39 is 10.6 Å². The van der Waals surface area contributed by atoms with Crippen molar-refractivity contribution in [2.75, 3.05) is 7.05 Å². The smallest absolute Gasteiger partial charge is 0.169 e. The topological polar surface area (TPSA) is 104 Å². The Morgan fingerprint density at radius 1 is 1.00 bits per heavy atom. The van der Waals surface area contributed by atoms with Crippen molar-refractivity contribution in [1.29, 1.82) is 0 Å². The molecule has 4 rings (SSSR count). The molecule has 3 heterocycles. The van der Waals surface area contributed by atoms with Crippen LogP contribution in [0.25, 0.3) is 33.8 Å². The minimum absolute atomic E-state index is 0.308. The fourth-order valence-corrected chi connectivity index (χ4v) is 4.55. The van der Waals surface area contributed by atoms with Gasteiger partial charge in [0.15, 0.2) is 5.76 Å². The second-order valence-electron chi connectivity index (χ2n) is 8.30. The molecule has 0 atom stereocenters. The van der Waals surface area contributed by atoms with Gasteiger partial charge in [0.05, 0.1) is 16.8 Å². The molecule has 0 fully saturated rings. The van der Waals surface area contributed by atoms with E-state index >= 15 is 0 Å². The van der Waals surface area contributed by atoms with Crippen LogP contribution >= 0.6 is 10.6 Å². The Labute approximate surface area is 199 Å². The molecule has 3 aromatic heterocycles. The second kappa shape index (κ2) is 9.63. The zero-order chi connectivity index (χ0) is 24.5. The molecular formula is C25H27FN4O3S. The van der Waals surface area contributed by atoms with E-state index in [0.717, 1.165) is 16.8 Å². The summed E-state index contributed by atoms with van der Waals surface area (Å²) in [6.07, 6.45) is 3.18. The highest BCUT2D eigenvalue weighted by Gasteiger charge is 2.21. The van der Waals surface area contributed by atoms with E-state index in [0.29, 0.717) is 39.7 Å².